The number of ether oxygens (including phenoxy) is 7. The van der Waals surface area contributed by atoms with Crippen LogP contribution in [0.3, 0.4) is 0 Å². The monoisotopic (exact) mass is 799 g/mol. The van der Waals surface area contributed by atoms with Crippen molar-refractivity contribution in [1.82, 2.24) is 10.4 Å². The molecule has 1 fully saturated rings. The molecule has 1 unspecified atom stereocenters. The third kappa shape index (κ3) is 9.59. The second-order valence-electron chi connectivity index (χ2n) is 12.4. The second-order valence-corrected chi connectivity index (χ2v) is 15.5. The molecule has 0 spiro atoms. The Morgan fingerprint density at radius 3 is 2.09 bits per heavy atom. The zero-order valence-corrected chi connectivity index (χ0v) is 33.8. The quantitative estimate of drug-likeness (QED) is 0.0519. The van der Waals surface area contributed by atoms with Gasteiger partial charge in [0.1, 0.15) is 11.7 Å². The van der Waals surface area contributed by atoms with E-state index >= 15 is 0 Å². The van der Waals surface area contributed by atoms with Crippen LogP contribution in [-0.2, 0) is 4.84 Å². The van der Waals surface area contributed by atoms with Crippen molar-refractivity contribution in [2.75, 3.05) is 66.8 Å². The van der Waals surface area contributed by atoms with Crippen molar-refractivity contribution < 1.29 is 47.7 Å². The molecule has 1 N–H and O–H groups in total. The maximum atomic E-state index is 13.9. The van der Waals surface area contributed by atoms with Crippen LogP contribution in [0.15, 0.2) is 48.5 Å². The fraction of sp³-hybridized carbons (Fsp3) is 0.462. The van der Waals surface area contributed by atoms with Gasteiger partial charge < -0.3 is 38.1 Å². The Bertz CT molecular complexity index is 1810. The number of nitrogens with zero attached hydrogens (tertiary/aromatic N) is 2. The van der Waals surface area contributed by atoms with E-state index in [-0.39, 0.29) is 52.5 Å². The number of hydrogen-bond acceptors (Lipinski definition) is 14. The summed E-state index contributed by atoms with van der Waals surface area (Å²) in [5.74, 6) is 4.46. The molecule has 55 heavy (non-hydrogen) atoms. The van der Waals surface area contributed by atoms with Crippen molar-refractivity contribution in [2.45, 2.75) is 49.8 Å². The number of hydroxylamine groups is 1. The average molecular weight is 800 g/mol. The first-order valence-corrected chi connectivity index (χ1v) is 20.1. The van der Waals surface area contributed by atoms with Crippen molar-refractivity contribution in [3.05, 3.63) is 75.3 Å². The van der Waals surface area contributed by atoms with Gasteiger partial charge in [-0.25, -0.2) is 0 Å². The van der Waals surface area contributed by atoms with E-state index in [1.165, 1.54) is 19.2 Å². The predicted octanol–water partition coefficient (Wildman–Crippen LogP) is 7.54. The number of thioether (sulfide) groups is 2. The second kappa shape index (κ2) is 19.8. The molecule has 2 heterocycles. The molecule has 2 aliphatic heterocycles. The lowest BCUT2D eigenvalue weighted by Crippen LogP contribution is -2.41. The van der Waals surface area contributed by atoms with E-state index in [0.717, 1.165) is 41.2 Å². The van der Waals surface area contributed by atoms with Crippen LogP contribution in [0.5, 0.6) is 40.2 Å². The summed E-state index contributed by atoms with van der Waals surface area (Å²) in [4.78, 5) is 33.3. The van der Waals surface area contributed by atoms with Gasteiger partial charge in [-0.1, -0.05) is 19.9 Å². The topological polar surface area (TPSA) is 149 Å². The molecule has 3 aromatic rings. The van der Waals surface area contributed by atoms with Gasteiger partial charge in [0, 0.05) is 24.6 Å². The summed E-state index contributed by atoms with van der Waals surface area (Å²) in [6.45, 7) is 5.17. The van der Waals surface area contributed by atoms with E-state index in [1.807, 2.05) is 53.9 Å². The summed E-state index contributed by atoms with van der Waals surface area (Å²) < 4.78 is 39.8. The van der Waals surface area contributed by atoms with Crippen molar-refractivity contribution in [2.24, 2.45) is 0 Å². The van der Waals surface area contributed by atoms with Crippen LogP contribution in [0.25, 0.3) is 5.70 Å². The van der Waals surface area contributed by atoms with Crippen LogP contribution in [0.2, 0.25) is 0 Å². The van der Waals surface area contributed by atoms with Gasteiger partial charge in [-0.2, -0.15) is 0 Å². The lowest BCUT2D eigenvalue weighted by molar-refractivity contribution is -0.385. The minimum Gasteiger partial charge on any atom is -0.493 e. The smallest absolute Gasteiger partial charge is 0.286 e. The molecule has 2 aliphatic rings. The van der Waals surface area contributed by atoms with Crippen molar-refractivity contribution in [1.29, 1.82) is 0 Å². The highest BCUT2D eigenvalue weighted by Gasteiger charge is 2.38. The molecule has 0 bridgehead atoms. The van der Waals surface area contributed by atoms with Gasteiger partial charge in [0.15, 0.2) is 34.5 Å². The minimum atomic E-state index is -0.543. The number of nitro benzene ring substituents is 1. The number of nitro groups is 1. The van der Waals surface area contributed by atoms with Crippen molar-refractivity contribution in [3.8, 4) is 40.2 Å². The third-order valence-corrected chi connectivity index (χ3v) is 11.9. The Morgan fingerprint density at radius 2 is 1.51 bits per heavy atom. The maximum Gasteiger partial charge on any atom is 0.286 e. The zero-order valence-electron chi connectivity index (χ0n) is 32.2. The Hall–Kier alpha value is -4.67. The van der Waals surface area contributed by atoms with Gasteiger partial charge in [0.25, 0.3) is 11.6 Å². The molecule has 16 heteroatoms. The zero-order chi connectivity index (χ0) is 39.5. The molecule has 298 valence electrons. The van der Waals surface area contributed by atoms with Gasteiger partial charge in [0.2, 0.25) is 5.75 Å². The van der Waals surface area contributed by atoms with Crippen molar-refractivity contribution in [3.63, 3.8) is 0 Å². The molecule has 0 radical (unpaired) electrons. The molecule has 1 amide bonds. The summed E-state index contributed by atoms with van der Waals surface area (Å²) in [5, 5.41) is 12.3. The average Bonchev–Trinajstić information content (AvgIpc) is 3.91. The summed E-state index contributed by atoms with van der Waals surface area (Å²) in [5.41, 5.74) is 4.98. The van der Waals surface area contributed by atoms with E-state index in [2.05, 4.69) is 19.3 Å². The summed E-state index contributed by atoms with van der Waals surface area (Å²) in [7, 11) is 7.68. The third-order valence-electron chi connectivity index (χ3n) is 9.15. The molecule has 2 atom stereocenters. The Kier molecular flexibility index (Phi) is 14.9. The predicted molar refractivity (Wildman–Crippen MR) is 213 cm³/mol. The highest BCUT2D eigenvalue weighted by molar-refractivity contribution is 8.17. The number of carbonyl (C=O) groups excluding carboxylic acids is 1. The minimum absolute atomic E-state index is 0.00635. The molecule has 0 saturated carbocycles. The van der Waals surface area contributed by atoms with Gasteiger partial charge in [-0.15, -0.1) is 23.5 Å². The standard InChI is InChI=1S/C39H49N3O11S2/c1-8-54-39(55-9-2)28-12-10-15-41(28)38(43)26-21-32(47-4)34(23-29(26)42(44)45)52-17-11-16-51-33-18-24(13-14-30(33)46-3)31-22-27(40-53-31)25-19-35(48-5)37(50-7)36(20-25)49-6/h13-14,18-23,28,31,39-40H,8-12,15-17H2,1-7H3/t28-,31?/m0/s1. The highest BCUT2D eigenvalue weighted by atomic mass is 32.2. The summed E-state index contributed by atoms with van der Waals surface area (Å²) >= 11 is 3.62. The molecule has 5 rings (SSSR count). The van der Waals surface area contributed by atoms with Crippen LogP contribution >= 0.6 is 23.5 Å². The molecular weight excluding hydrogens is 751 g/mol. The summed E-state index contributed by atoms with van der Waals surface area (Å²) in [6.07, 6.45) is 3.64. The lowest BCUT2D eigenvalue weighted by atomic mass is 10.1. The Labute approximate surface area is 330 Å². The van der Waals surface area contributed by atoms with E-state index in [9.17, 15) is 14.9 Å². The number of methoxy groups -OCH3 is 5. The number of benzene rings is 3. The number of rotatable bonds is 20. The van der Waals surface area contributed by atoms with E-state index < -0.39 is 11.0 Å². The van der Waals surface area contributed by atoms with Crippen LogP contribution in [0.1, 0.15) is 60.7 Å². The Morgan fingerprint density at radius 1 is 0.873 bits per heavy atom. The molecule has 1 saturated heterocycles. The van der Waals surface area contributed by atoms with Crippen LogP contribution in [0, 0.1) is 10.1 Å². The van der Waals surface area contributed by atoms with Gasteiger partial charge in [0.05, 0.1) is 76.1 Å². The van der Waals surface area contributed by atoms with E-state index in [1.54, 1.807) is 39.4 Å². The molecule has 0 aromatic heterocycles. The number of nitrogens with one attached hydrogen (secondary N) is 1. The first kappa shape index (κ1) is 41.5. The van der Waals surface area contributed by atoms with E-state index in [0.29, 0.717) is 41.7 Å². The van der Waals surface area contributed by atoms with Crippen LogP contribution in [0.4, 0.5) is 5.69 Å². The van der Waals surface area contributed by atoms with Gasteiger partial charge >= 0.3 is 0 Å². The fourth-order valence-electron chi connectivity index (χ4n) is 6.53. The number of amides is 1. The van der Waals surface area contributed by atoms with Crippen molar-refractivity contribution >= 4 is 40.8 Å². The number of carbonyl (C=O) groups is 1. The largest absolute Gasteiger partial charge is 0.493 e. The normalized spacial score (nSPS) is 16.4. The first-order valence-electron chi connectivity index (χ1n) is 18.0. The lowest BCUT2D eigenvalue weighted by Gasteiger charge is -2.31. The van der Waals surface area contributed by atoms with Crippen LogP contribution < -0.4 is 38.6 Å². The molecule has 14 nitrogen and oxygen atoms in total. The van der Waals surface area contributed by atoms with E-state index in [4.69, 9.17) is 38.0 Å². The molecular formula is C39H49N3O11S2. The molecule has 3 aromatic carbocycles. The maximum absolute atomic E-state index is 13.9. The highest BCUT2D eigenvalue weighted by Crippen LogP contribution is 2.42. The van der Waals surface area contributed by atoms with Gasteiger partial charge in [-0.3, -0.25) is 25.2 Å². The summed E-state index contributed by atoms with van der Waals surface area (Å²) in [6, 6.07) is 11.9. The van der Waals surface area contributed by atoms with Crippen LogP contribution in [-0.4, -0.2) is 93.2 Å². The van der Waals surface area contributed by atoms with Gasteiger partial charge in [-0.05, 0) is 60.3 Å². The number of hydrogen-bond donors (Lipinski definition) is 1. The first-order chi connectivity index (χ1) is 26.7. The SMILES string of the molecule is CCSC(SCC)[C@@H]1CCCN1C(=O)c1cc(OC)c(OCCCOc2cc(C3C=C(c4cc(OC)c(OC)c(OC)c4)NO3)ccc2OC)cc1[N+](=O)[O-]. The molecule has 0 aliphatic carbocycles. The fourth-order valence-corrected chi connectivity index (χ4v) is 9.40. The number of likely N-dealkylation sites (tertiary alicyclic amines) is 1. The Balaban J connectivity index is 1.24.